The van der Waals surface area contributed by atoms with Gasteiger partial charge in [-0.3, -0.25) is 14.4 Å². The van der Waals surface area contributed by atoms with Crippen LogP contribution in [0.15, 0.2) is 47.3 Å². The molecular weight excluding hydrogens is 655 g/mol. The van der Waals surface area contributed by atoms with Crippen molar-refractivity contribution in [1.29, 1.82) is 0 Å². The Balaban J connectivity index is 0.806. The number of H-pyrrole nitrogens is 1. The van der Waals surface area contributed by atoms with Crippen LogP contribution in [0.2, 0.25) is 0 Å². The van der Waals surface area contributed by atoms with E-state index in [2.05, 4.69) is 24.0 Å². The number of amides is 2. The van der Waals surface area contributed by atoms with Crippen molar-refractivity contribution in [3.05, 3.63) is 75.5 Å². The fourth-order valence-corrected chi connectivity index (χ4v) is 11.8. The number of piperazine rings is 1. The van der Waals surface area contributed by atoms with Gasteiger partial charge in [0, 0.05) is 51.0 Å². The minimum Gasteiger partial charge on any atom is -0.378 e. The fraction of sp³-hybridized carbons (Fsp3) is 0.628. The summed E-state index contributed by atoms with van der Waals surface area (Å²) in [5.41, 5.74) is 1.94. The van der Waals surface area contributed by atoms with Gasteiger partial charge in [-0.15, -0.1) is 0 Å². The summed E-state index contributed by atoms with van der Waals surface area (Å²) >= 11 is 0. The summed E-state index contributed by atoms with van der Waals surface area (Å²) in [6.45, 7) is 7.37. The van der Waals surface area contributed by atoms with Crippen LogP contribution in [0.5, 0.6) is 0 Å². The summed E-state index contributed by atoms with van der Waals surface area (Å²) in [5, 5.41) is 8.04. The summed E-state index contributed by atoms with van der Waals surface area (Å²) in [6.07, 6.45) is 15.5. The predicted octanol–water partition coefficient (Wildman–Crippen LogP) is 7.54. The van der Waals surface area contributed by atoms with Gasteiger partial charge in [-0.05, 0) is 116 Å². The van der Waals surface area contributed by atoms with Crippen molar-refractivity contribution < 1.29 is 18.7 Å². The maximum absolute atomic E-state index is 15.0. The number of fused-ring (bicyclic) bond motifs is 6. The summed E-state index contributed by atoms with van der Waals surface area (Å²) < 4.78 is 21.6. The second-order valence-corrected chi connectivity index (χ2v) is 17.2. The third kappa shape index (κ3) is 6.39. The molecule has 5 fully saturated rings. The van der Waals surface area contributed by atoms with Crippen LogP contribution in [0, 0.1) is 40.3 Å². The number of benzene rings is 2. The van der Waals surface area contributed by atoms with E-state index >= 15 is 0 Å². The van der Waals surface area contributed by atoms with Crippen molar-refractivity contribution in [3.63, 3.8) is 0 Å². The van der Waals surface area contributed by atoms with Gasteiger partial charge in [-0.25, -0.2) is 9.49 Å². The molecular formula is C43H55FN4O4. The van der Waals surface area contributed by atoms with Gasteiger partial charge in [-0.1, -0.05) is 51.0 Å². The first-order valence-electron chi connectivity index (χ1n) is 20.1. The van der Waals surface area contributed by atoms with Crippen molar-refractivity contribution >= 4 is 22.6 Å². The van der Waals surface area contributed by atoms with E-state index in [1.165, 1.54) is 63.9 Å². The Kier molecular flexibility index (Phi) is 9.77. The highest BCUT2D eigenvalue weighted by Crippen LogP contribution is 2.66. The first kappa shape index (κ1) is 35.4. The molecule has 0 bridgehead atoms. The van der Waals surface area contributed by atoms with E-state index in [4.69, 9.17) is 4.74 Å². The van der Waals surface area contributed by atoms with Crippen molar-refractivity contribution in [1.82, 2.24) is 20.0 Å². The number of nitrogens with one attached hydrogen (secondary N) is 1. The maximum atomic E-state index is 15.0. The molecule has 1 N–H and O–H groups in total. The molecule has 7 atom stereocenters. The number of aromatic amines is 1. The van der Waals surface area contributed by atoms with E-state index in [0.29, 0.717) is 74.6 Å². The molecule has 1 aliphatic heterocycles. The number of hydrogen-bond donors (Lipinski definition) is 1. The van der Waals surface area contributed by atoms with E-state index in [0.717, 1.165) is 41.0 Å². The summed E-state index contributed by atoms with van der Waals surface area (Å²) in [4.78, 5) is 42.4. The quantitative estimate of drug-likeness (QED) is 0.244. The largest absolute Gasteiger partial charge is 0.378 e. The number of hydrogen-bond acceptors (Lipinski definition) is 5. The average Bonchev–Trinajstić information content (AvgIpc) is 3.50. The summed E-state index contributed by atoms with van der Waals surface area (Å²) in [5.74, 6) is 2.62. The highest BCUT2D eigenvalue weighted by molar-refractivity contribution is 5.95. The molecule has 9 heteroatoms. The Bertz CT molecular complexity index is 1870. The zero-order chi connectivity index (χ0) is 36.0. The van der Waals surface area contributed by atoms with Gasteiger partial charge in [0.05, 0.1) is 22.7 Å². The van der Waals surface area contributed by atoms with Crippen LogP contribution in [0.25, 0.3) is 10.8 Å². The lowest BCUT2D eigenvalue weighted by Crippen LogP contribution is -2.53. The van der Waals surface area contributed by atoms with Crippen molar-refractivity contribution in [3.8, 4) is 0 Å². The maximum Gasteiger partial charge on any atom is 0.272 e. The number of ether oxygens (including phenoxy) is 1. The zero-order valence-corrected chi connectivity index (χ0v) is 31.0. The van der Waals surface area contributed by atoms with Crippen LogP contribution < -0.4 is 5.56 Å². The number of aromatic nitrogens is 2. The molecule has 3 aromatic rings. The molecule has 5 aliphatic rings. The zero-order valence-electron chi connectivity index (χ0n) is 31.0. The third-order valence-corrected chi connectivity index (χ3v) is 14.7. The molecule has 2 heterocycles. The van der Waals surface area contributed by atoms with Gasteiger partial charge in [0.25, 0.3) is 11.5 Å². The van der Waals surface area contributed by atoms with Gasteiger partial charge in [0.2, 0.25) is 5.91 Å². The van der Waals surface area contributed by atoms with Gasteiger partial charge in [0.15, 0.2) is 0 Å². The minimum atomic E-state index is -0.576. The van der Waals surface area contributed by atoms with Gasteiger partial charge >= 0.3 is 0 Å². The van der Waals surface area contributed by atoms with E-state index in [1.807, 2.05) is 17.0 Å². The average molecular weight is 711 g/mol. The van der Waals surface area contributed by atoms with Crippen LogP contribution in [0.3, 0.4) is 0 Å². The third-order valence-electron chi connectivity index (χ3n) is 14.7. The van der Waals surface area contributed by atoms with Crippen molar-refractivity contribution in [2.24, 2.45) is 34.5 Å². The molecule has 0 radical (unpaired) electrons. The van der Waals surface area contributed by atoms with E-state index in [-0.39, 0.29) is 28.4 Å². The number of carbonyl (C=O) groups is 2. The van der Waals surface area contributed by atoms with Crippen molar-refractivity contribution in [2.45, 2.75) is 103 Å². The number of nitrogens with zero attached hydrogens (tertiary/aromatic N) is 3. The molecule has 8 rings (SSSR count). The second kappa shape index (κ2) is 14.3. The van der Waals surface area contributed by atoms with Crippen LogP contribution >= 0.6 is 0 Å². The lowest BCUT2D eigenvalue weighted by Gasteiger charge is -2.60. The molecule has 2 amide bonds. The minimum absolute atomic E-state index is 0.00959. The van der Waals surface area contributed by atoms with Gasteiger partial charge in [-0.2, -0.15) is 5.10 Å². The second-order valence-electron chi connectivity index (χ2n) is 17.2. The van der Waals surface area contributed by atoms with Gasteiger partial charge < -0.3 is 14.5 Å². The summed E-state index contributed by atoms with van der Waals surface area (Å²) in [6, 6.07) is 11.8. The molecule has 2 aromatic carbocycles. The Labute approximate surface area is 306 Å². The van der Waals surface area contributed by atoms with Gasteiger partial charge in [0.1, 0.15) is 5.82 Å². The van der Waals surface area contributed by atoms with E-state index in [1.54, 1.807) is 29.2 Å². The molecule has 4 saturated carbocycles. The first-order valence-corrected chi connectivity index (χ1v) is 20.1. The van der Waals surface area contributed by atoms with Crippen LogP contribution in [-0.2, 0) is 16.0 Å². The fourth-order valence-electron chi connectivity index (χ4n) is 11.8. The highest BCUT2D eigenvalue weighted by Gasteiger charge is 2.60. The molecule has 0 spiro atoms. The van der Waals surface area contributed by atoms with E-state index < -0.39 is 5.82 Å². The number of carbonyl (C=O) groups excluding carboxylic acids is 2. The van der Waals surface area contributed by atoms with Crippen LogP contribution in [-0.4, -0.2) is 70.7 Å². The summed E-state index contributed by atoms with van der Waals surface area (Å²) in [7, 11) is 0. The Morgan fingerprint density at radius 2 is 1.65 bits per heavy atom. The Morgan fingerprint density at radius 3 is 2.48 bits per heavy atom. The highest BCUT2D eigenvalue weighted by atomic mass is 19.1. The topological polar surface area (TPSA) is 95.6 Å². The first-order chi connectivity index (χ1) is 25.2. The number of halogens is 1. The monoisotopic (exact) mass is 710 g/mol. The van der Waals surface area contributed by atoms with Crippen molar-refractivity contribution in [2.75, 3.05) is 32.8 Å². The molecule has 4 aliphatic carbocycles. The van der Waals surface area contributed by atoms with Crippen LogP contribution in [0.4, 0.5) is 4.39 Å². The number of rotatable bonds is 8. The lowest BCUT2D eigenvalue weighted by molar-refractivity contribution is -0.135. The van der Waals surface area contributed by atoms with E-state index in [9.17, 15) is 18.8 Å². The standard InChI is InChI=1S/C43H55FN4O4/c1-42-19-6-5-8-29(42)13-14-32-34-15-17-38(43(34,2)20-18-35(32)42)52-25-7-11-39(49)47-21-23-48(24-22-47)41(51)33-26-28(12-16-36(33)44)27-37-30-9-3-4-10-31(30)40(50)46-45-37/h3-4,9-10,12,16,26,29,32,34-35,38H,5-8,11,13-15,17-25,27H2,1-2H3,(H,46,50)/t29-,32+,34+,35+,38+,42+,43+/m1/s1. The smallest absolute Gasteiger partial charge is 0.272 e. The Morgan fingerprint density at radius 1 is 0.885 bits per heavy atom. The van der Waals surface area contributed by atoms with Crippen LogP contribution in [0.1, 0.15) is 113 Å². The SMILES string of the molecule is C[C@]12CCCC[C@@H]1CC[C@@H]1[C@@H]2CC[C@]2(C)[C@@H](OCCCC(=O)N3CCN(C(=O)c4cc(Cc5n[nH]c(=O)c6ccccc56)ccc4F)CC3)CC[C@@H]12. The predicted molar refractivity (Wildman–Crippen MR) is 199 cm³/mol. The molecule has 52 heavy (non-hydrogen) atoms. The normalized spacial score (nSPS) is 31.6. The Hall–Kier alpha value is -3.59. The molecule has 278 valence electrons. The molecule has 0 unspecified atom stereocenters. The molecule has 1 aromatic heterocycles. The lowest BCUT2D eigenvalue weighted by atomic mass is 9.45. The molecule has 8 nitrogen and oxygen atoms in total. The molecule has 1 saturated heterocycles.